The molecule has 3 aromatic carbocycles. The van der Waals surface area contributed by atoms with Gasteiger partial charge in [0.25, 0.3) is 0 Å². The van der Waals surface area contributed by atoms with Crippen molar-refractivity contribution in [3.8, 4) is 11.1 Å². The fraction of sp³-hybridized carbons (Fsp3) is 0.364. The number of fused-ring (bicyclic) bond motifs is 3. The van der Waals surface area contributed by atoms with Crippen LogP contribution in [-0.2, 0) is 25.6 Å². The first-order valence-corrected chi connectivity index (χ1v) is 14.5. The van der Waals surface area contributed by atoms with Gasteiger partial charge >= 0.3 is 12.1 Å². The first kappa shape index (κ1) is 27.9. The minimum absolute atomic E-state index is 0.0900. The summed E-state index contributed by atoms with van der Waals surface area (Å²) in [7, 11) is 0. The number of carboxylic acids is 1. The van der Waals surface area contributed by atoms with Gasteiger partial charge in [0, 0.05) is 32.1 Å². The van der Waals surface area contributed by atoms with Crippen LogP contribution in [0.1, 0.15) is 41.9 Å². The van der Waals surface area contributed by atoms with Crippen LogP contribution in [-0.4, -0.2) is 72.0 Å². The summed E-state index contributed by atoms with van der Waals surface area (Å²) in [6.45, 7) is 1.91. The van der Waals surface area contributed by atoms with Gasteiger partial charge in [-0.2, -0.15) is 0 Å². The molecular weight excluding hydrogens is 534 g/mol. The molecule has 9 heteroatoms. The lowest BCUT2D eigenvalue weighted by Gasteiger charge is -2.30. The molecule has 2 heterocycles. The number of alkyl carbamates (subject to hydrolysis) is 1. The second-order valence-electron chi connectivity index (χ2n) is 11.4. The van der Waals surface area contributed by atoms with Crippen molar-refractivity contribution >= 4 is 18.0 Å². The van der Waals surface area contributed by atoms with E-state index in [1.165, 1.54) is 0 Å². The number of benzene rings is 3. The highest BCUT2D eigenvalue weighted by molar-refractivity contribution is 5.91. The summed E-state index contributed by atoms with van der Waals surface area (Å²) in [5.41, 5.74) is 4.44. The van der Waals surface area contributed by atoms with Crippen LogP contribution in [0.2, 0.25) is 0 Å². The van der Waals surface area contributed by atoms with E-state index in [4.69, 9.17) is 9.47 Å². The fourth-order valence-corrected chi connectivity index (χ4v) is 6.45. The van der Waals surface area contributed by atoms with Crippen LogP contribution in [0.5, 0.6) is 0 Å². The molecule has 42 heavy (non-hydrogen) atoms. The van der Waals surface area contributed by atoms with Crippen LogP contribution < -0.4 is 10.6 Å². The van der Waals surface area contributed by atoms with Gasteiger partial charge in [-0.05, 0) is 47.1 Å². The lowest BCUT2D eigenvalue weighted by molar-refractivity contribution is -0.149. The Morgan fingerprint density at radius 3 is 2.26 bits per heavy atom. The van der Waals surface area contributed by atoms with Crippen molar-refractivity contribution in [2.24, 2.45) is 0 Å². The number of carboxylic acid groups (broad SMARTS) is 1. The minimum Gasteiger partial charge on any atom is -0.479 e. The van der Waals surface area contributed by atoms with Crippen LogP contribution in [0.4, 0.5) is 4.79 Å². The molecule has 3 aliphatic rings. The van der Waals surface area contributed by atoms with Gasteiger partial charge in [-0.3, -0.25) is 9.69 Å². The fourth-order valence-electron chi connectivity index (χ4n) is 6.45. The lowest BCUT2D eigenvalue weighted by Crippen LogP contribution is -2.61. The van der Waals surface area contributed by atoms with Crippen molar-refractivity contribution in [1.29, 1.82) is 0 Å². The first-order valence-electron chi connectivity index (χ1n) is 14.5. The molecule has 2 aliphatic heterocycles. The molecule has 2 amide bonds. The summed E-state index contributed by atoms with van der Waals surface area (Å²) in [5, 5.41) is 15.1. The van der Waals surface area contributed by atoms with E-state index in [1.807, 2.05) is 54.6 Å². The van der Waals surface area contributed by atoms with Crippen molar-refractivity contribution in [3.05, 3.63) is 95.6 Å². The Bertz CT molecular complexity index is 1420. The van der Waals surface area contributed by atoms with Crippen LogP contribution in [0, 0.1) is 0 Å². The van der Waals surface area contributed by atoms with Gasteiger partial charge < -0.3 is 25.2 Å². The lowest BCUT2D eigenvalue weighted by atomic mass is 9.97. The Balaban J connectivity index is 1.14. The van der Waals surface area contributed by atoms with Crippen molar-refractivity contribution in [1.82, 2.24) is 15.5 Å². The van der Waals surface area contributed by atoms with Crippen molar-refractivity contribution < 1.29 is 29.0 Å². The summed E-state index contributed by atoms with van der Waals surface area (Å²) in [6, 6.07) is 26.3. The van der Waals surface area contributed by atoms with Crippen LogP contribution in [0.15, 0.2) is 78.9 Å². The van der Waals surface area contributed by atoms with Crippen LogP contribution in [0.3, 0.4) is 0 Å². The molecule has 0 bridgehead atoms. The Morgan fingerprint density at radius 1 is 0.929 bits per heavy atom. The molecule has 2 fully saturated rings. The van der Waals surface area contributed by atoms with Crippen molar-refractivity contribution in [2.75, 3.05) is 26.2 Å². The molecule has 3 aromatic rings. The average Bonchev–Trinajstić information content (AvgIpc) is 3.72. The molecule has 0 spiro atoms. The molecule has 0 saturated carbocycles. The Morgan fingerprint density at radius 2 is 1.60 bits per heavy atom. The predicted molar refractivity (Wildman–Crippen MR) is 156 cm³/mol. The number of nitrogens with zero attached hydrogens (tertiary/aromatic N) is 1. The molecule has 218 valence electrons. The maximum absolute atomic E-state index is 13.7. The third kappa shape index (κ3) is 5.75. The van der Waals surface area contributed by atoms with Gasteiger partial charge in [0.2, 0.25) is 5.91 Å². The molecule has 1 aliphatic carbocycles. The van der Waals surface area contributed by atoms with E-state index in [1.54, 1.807) is 0 Å². The molecule has 3 unspecified atom stereocenters. The van der Waals surface area contributed by atoms with Gasteiger partial charge in [-0.1, -0.05) is 78.9 Å². The summed E-state index contributed by atoms with van der Waals surface area (Å²) in [6.07, 6.45) is -0.514. The normalized spacial score (nSPS) is 23.2. The number of ether oxygens (including phenoxy) is 2. The van der Waals surface area contributed by atoms with Gasteiger partial charge in [0.15, 0.2) is 6.10 Å². The minimum atomic E-state index is -1.19. The number of likely N-dealkylation sites (tertiary alicyclic amines) is 1. The van der Waals surface area contributed by atoms with E-state index in [0.717, 1.165) is 27.8 Å². The second-order valence-corrected chi connectivity index (χ2v) is 11.4. The Hall–Kier alpha value is -4.21. The van der Waals surface area contributed by atoms with E-state index in [0.29, 0.717) is 38.9 Å². The molecular formula is C33H35N3O6. The SMILES string of the molecule is O=C(NC1(C(=O)NCC2CCC(C(=O)O)O2)CCN(Cc2ccccc2)C1)OCC1c2ccccc2-c2ccccc21. The Labute approximate surface area is 244 Å². The third-order valence-electron chi connectivity index (χ3n) is 8.59. The number of carbonyl (C=O) groups is 3. The number of hydrogen-bond donors (Lipinski definition) is 3. The highest BCUT2D eigenvalue weighted by Gasteiger charge is 2.47. The average molecular weight is 570 g/mol. The summed E-state index contributed by atoms with van der Waals surface area (Å²) >= 11 is 0. The monoisotopic (exact) mass is 569 g/mol. The number of rotatable bonds is 9. The van der Waals surface area contributed by atoms with Gasteiger partial charge in [0.05, 0.1) is 6.10 Å². The topological polar surface area (TPSA) is 117 Å². The van der Waals surface area contributed by atoms with Crippen LogP contribution >= 0.6 is 0 Å². The van der Waals surface area contributed by atoms with E-state index in [9.17, 15) is 19.5 Å². The number of amides is 2. The van der Waals surface area contributed by atoms with E-state index in [2.05, 4.69) is 39.8 Å². The zero-order valence-electron chi connectivity index (χ0n) is 23.3. The molecule has 9 nitrogen and oxygen atoms in total. The maximum Gasteiger partial charge on any atom is 0.408 e. The standard InChI is InChI=1S/C33H35N3O6/c37-30(38)29-15-14-23(42-29)18-34-31(39)33(16-17-36(21-33)19-22-8-2-1-3-9-22)35-32(40)41-20-28-26-12-6-4-10-24(26)25-11-5-7-13-27(25)28/h1-13,23,28-29H,14-21H2,(H,34,39)(H,35,40)(H,37,38). The largest absolute Gasteiger partial charge is 0.479 e. The third-order valence-corrected chi connectivity index (χ3v) is 8.59. The van der Waals surface area contributed by atoms with Crippen molar-refractivity contribution in [2.45, 2.75) is 49.5 Å². The van der Waals surface area contributed by atoms with E-state index < -0.39 is 23.7 Å². The van der Waals surface area contributed by atoms with E-state index >= 15 is 0 Å². The zero-order valence-corrected chi connectivity index (χ0v) is 23.3. The molecule has 0 radical (unpaired) electrons. The highest BCUT2D eigenvalue weighted by Crippen LogP contribution is 2.44. The quantitative estimate of drug-likeness (QED) is 0.358. The summed E-state index contributed by atoms with van der Waals surface area (Å²) in [5.74, 6) is -1.41. The number of nitrogens with one attached hydrogen (secondary N) is 2. The molecule has 6 rings (SSSR count). The molecule has 3 N–H and O–H groups in total. The molecule has 0 aromatic heterocycles. The number of carbonyl (C=O) groups excluding carboxylic acids is 2. The van der Waals surface area contributed by atoms with Gasteiger partial charge in [-0.15, -0.1) is 0 Å². The second kappa shape index (κ2) is 12.0. The van der Waals surface area contributed by atoms with Gasteiger partial charge in [0.1, 0.15) is 12.1 Å². The highest BCUT2D eigenvalue weighted by atomic mass is 16.5. The smallest absolute Gasteiger partial charge is 0.408 e. The summed E-state index contributed by atoms with van der Waals surface area (Å²) < 4.78 is 11.4. The van der Waals surface area contributed by atoms with E-state index in [-0.39, 0.29) is 31.1 Å². The molecule has 3 atom stereocenters. The number of hydrogen-bond acceptors (Lipinski definition) is 6. The number of aliphatic carboxylic acids is 1. The molecule has 2 saturated heterocycles. The predicted octanol–water partition coefficient (Wildman–Crippen LogP) is 3.92. The van der Waals surface area contributed by atoms with Crippen molar-refractivity contribution in [3.63, 3.8) is 0 Å². The zero-order chi connectivity index (χ0) is 29.1. The van der Waals surface area contributed by atoms with Crippen LogP contribution in [0.25, 0.3) is 11.1 Å². The first-order chi connectivity index (χ1) is 20.4. The summed E-state index contributed by atoms with van der Waals surface area (Å²) in [4.78, 5) is 40.4. The Kier molecular flexibility index (Phi) is 7.95. The maximum atomic E-state index is 13.7. The van der Waals surface area contributed by atoms with Gasteiger partial charge in [-0.25, -0.2) is 9.59 Å².